The number of halogens is 1. The van der Waals surface area contributed by atoms with Crippen LogP contribution in [-0.4, -0.2) is 40.6 Å². The van der Waals surface area contributed by atoms with E-state index in [4.69, 9.17) is 4.74 Å². The van der Waals surface area contributed by atoms with Crippen molar-refractivity contribution in [2.45, 2.75) is 25.4 Å². The van der Waals surface area contributed by atoms with Gasteiger partial charge < -0.3 is 19.9 Å². The highest BCUT2D eigenvalue weighted by molar-refractivity contribution is 5.96. The molecule has 0 aliphatic carbocycles. The molecule has 0 bridgehead atoms. The van der Waals surface area contributed by atoms with E-state index in [0.717, 1.165) is 29.7 Å². The Morgan fingerprint density at radius 2 is 2.10 bits per heavy atom. The van der Waals surface area contributed by atoms with E-state index in [1.807, 2.05) is 29.8 Å². The van der Waals surface area contributed by atoms with E-state index >= 15 is 0 Å². The molecule has 0 spiro atoms. The molecule has 2 heterocycles. The Labute approximate surface area is 173 Å². The summed E-state index contributed by atoms with van der Waals surface area (Å²) in [7, 11) is 1.90. The Hall–Kier alpha value is -3.26. The van der Waals surface area contributed by atoms with Crippen molar-refractivity contribution in [1.82, 2.24) is 14.9 Å². The first-order valence-electron chi connectivity index (χ1n) is 9.93. The zero-order chi connectivity index (χ0) is 21.1. The second-order valence-corrected chi connectivity index (χ2v) is 7.27. The summed E-state index contributed by atoms with van der Waals surface area (Å²) in [6.45, 7) is 0.946. The van der Waals surface area contributed by atoms with E-state index < -0.39 is 17.8 Å². The molecular formula is C22H23FN4O3. The largest absolute Gasteiger partial charge is 0.368 e. The number of carbonyl (C=O) groups excluding carboxylic acids is 2. The molecule has 0 saturated carbocycles. The van der Waals surface area contributed by atoms with Gasteiger partial charge in [0.1, 0.15) is 17.7 Å². The lowest BCUT2D eigenvalue weighted by Gasteiger charge is -2.10. The molecule has 1 aliphatic rings. The van der Waals surface area contributed by atoms with Gasteiger partial charge in [-0.25, -0.2) is 9.37 Å². The highest BCUT2D eigenvalue weighted by atomic mass is 19.1. The second-order valence-electron chi connectivity index (χ2n) is 7.27. The lowest BCUT2D eigenvalue weighted by atomic mass is 10.2. The number of hydrogen-bond donors (Lipinski definition) is 2. The third-order valence-corrected chi connectivity index (χ3v) is 5.22. The summed E-state index contributed by atoms with van der Waals surface area (Å²) in [5, 5.41) is 5.61. The third kappa shape index (κ3) is 4.18. The standard InChI is InChI=1S/C22H23FN4O3/c1-27-18-9-8-14(25-22(29)19-7-4-12-30-19)13-17(18)26-20(27)10-11-24-21(28)15-5-2-3-6-16(15)23/h2-3,5-6,8-9,13,19H,4,7,10-12H2,1H3,(H,24,28)(H,25,29)/t19-/m1/s1. The van der Waals surface area contributed by atoms with Crippen molar-refractivity contribution in [3.8, 4) is 0 Å². The van der Waals surface area contributed by atoms with Crippen LogP contribution in [-0.2, 0) is 23.0 Å². The van der Waals surface area contributed by atoms with Crippen LogP contribution in [0.15, 0.2) is 42.5 Å². The third-order valence-electron chi connectivity index (χ3n) is 5.22. The van der Waals surface area contributed by atoms with Crippen LogP contribution < -0.4 is 10.6 Å². The molecule has 7 nitrogen and oxygen atoms in total. The number of carbonyl (C=O) groups is 2. The van der Waals surface area contributed by atoms with Crippen molar-refractivity contribution in [2.75, 3.05) is 18.5 Å². The van der Waals surface area contributed by atoms with Crippen molar-refractivity contribution >= 4 is 28.5 Å². The predicted octanol–water partition coefficient (Wildman–Crippen LogP) is 2.80. The molecule has 30 heavy (non-hydrogen) atoms. The SMILES string of the molecule is Cn1c(CCNC(=O)c2ccccc2F)nc2cc(NC(=O)[C@H]3CCCO3)ccc21. The number of nitrogens with zero attached hydrogens (tertiary/aromatic N) is 2. The molecule has 4 rings (SSSR count). The van der Waals surface area contributed by atoms with E-state index in [1.54, 1.807) is 12.1 Å². The minimum absolute atomic E-state index is 0.0223. The fraction of sp³-hybridized carbons (Fsp3) is 0.318. The van der Waals surface area contributed by atoms with Crippen molar-refractivity contribution in [1.29, 1.82) is 0 Å². The molecule has 2 amide bonds. The van der Waals surface area contributed by atoms with Crippen LogP contribution in [0.3, 0.4) is 0 Å². The van der Waals surface area contributed by atoms with Crippen molar-refractivity contribution in [3.05, 3.63) is 59.7 Å². The Bertz CT molecular complexity index is 1090. The lowest BCUT2D eigenvalue weighted by Crippen LogP contribution is -2.27. The molecule has 2 aromatic carbocycles. The predicted molar refractivity (Wildman–Crippen MR) is 111 cm³/mol. The van der Waals surface area contributed by atoms with Crippen molar-refractivity contribution in [2.24, 2.45) is 7.05 Å². The monoisotopic (exact) mass is 410 g/mol. The van der Waals surface area contributed by atoms with Crippen LogP contribution in [0.25, 0.3) is 11.0 Å². The number of nitrogens with one attached hydrogen (secondary N) is 2. The highest BCUT2D eigenvalue weighted by Gasteiger charge is 2.23. The fourth-order valence-electron chi connectivity index (χ4n) is 3.59. The van der Waals surface area contributed by atoms with Crippen molar-refractivity contribution in [3.63, 3.8) is 0 Å². The zero-order valence-electron chi connectivity index (χ0n) is 16.7. The smallest absolute Gasteiger partial charge is 0.254 e. The Balaban J connectivity index is 1.40. The molecule has 1 aromatic heterocycles. The molecule has 2 N–H and O–H groups in total. The maximum absolute atomic E-state index is 13.7. The maximum Gasteiger partial charge on any atom is 0.254 e. The van der Waals surface area contributed by atoms with Gasteiger partial charge in [0.05, 0.1) is 16.6 Å². The van der Waals surface area contributed by atoms with E-state index in [2.05, 4.69) is 15.6 Å². The number of aryl methyl sites for hydroxylation is 1. The summed E-state index contributed by atoms with van der Waals surface area (Å²) in [6, 6.07) is 11.4. The number of imidazole rings is 1. The van der Waals surface area contributed by atoms with Gasteiger partial charge in [-0.15, -0.1) is 0 Å². The Kier molecular flexibility index (Phi) is 5.76. The Morgan fingerprint density at radius 1 is 1.27 bits per heavy atom. The molecule has 0 radical (unpaired) electrons. The quantitative estimate of drug-likeness (QED) is 0.654. The van der Waals surface area contributed by atoms with Gasteiger partial charge in [0.2, 0.25) is 0 Å². The van der Waals surface area contributed by atoms with E-state index in [-0.39, 0.29) is 11.5 Å². The van der Waals surface area contributed by atoms with Crippen LogP contribution >= 0.6 is 0 Å². The topological polar surface area (TPSA) is 85.3 Å². The zero-order valence-corrected chi connectivity index (χ0v) is 16.7. The molecule has 3 aromatic rings. The summed E-state index contributed by atoms with van der Waals surface area (Å²) in [5.74, 6) is -0.360. The average molecular weight is 410 g/mol. The number of hydrogen-bond acceptors (Lipinski definition) is 4. The normalized spacial score (nSPS) is 16.0. The summed E-state index contributed by atoms with van der Waals surface area (Å²) >= 11 is 0. The molecule has 156 valence electrons. The van der Waals surface area contributed by atoms with E-state index in [9.17, 15) is 14.0 Å². The summed E-state index contributed by atoms with van der Waals surface area (Å²) in [4.78, 5) is 29.0. The van der Waals surface area contributed by atoms with Gasteiger partial charge in [-0.2, -0.15) is 0 Å². The Morgan fingerprint density at radius 3 is 2.87 bits per heavy atom. The first-order valence-corrected chi connectivity index (χ1v) is 9.93. The number of amides is 2. The van der Waals surface area contributed by atoms with E-state index in [1.165, 1.54) is 12.1 Å². The van der Waals surface area contributed by atoms with Crippen molar-refractivity contribution < 1.29 is 18.7 Å². The average Bonchev–Trinajstić information content (AvgIpc) is 3.37. The van der Waals surface area contributed by atoms with Gasteiger partial charge in [0.15, 0.2) is 0 Å². The van der Waals surface area contributed by atoms with E-state index in [0.29, 0.717) is 25.3 Å². The first-order chi connectivity index (χ1) is 14.5. The second kappa shape index (κ2) is 8.62. The van der Waals surface area contributed by atoms with Gasteiger partial charge in [-0.3, -0.25) is 9.59 Å². The van der Waals surface area contributed by atoms with Gasteiger partial charge >= 0.3 is 0 Å². The van der Waals surface area contributed by atoms with Gasteiger partial charge in [-0.1, -0.05) is 12.1 Å². The molecule has 1 aliphatic heterocycles. The van der Waals surface area contributed by atoms with Crippen LogP contribution in [0.1, 0.15) is 29.0 Å². The molecule has 0 unspecified atom stereocenters. The summed E-state index contributed by atoms with van der Waals surface area (Å²) < 4.78 is 21.1. The van der Waals surface area contributed by atoms with Crippen LogP contribution in [0, 0.1) is 5.82 Å². The van der Waals surface area contributed by atoms with Gasteiger partial charge in [-0.05, 0) is 43.2 Å². The number of benzene rings is 2. The van der Waals surface area contributed by atoms with Crippen LogP contribution in [0.4, 0.5) is 10.1 Å². The number of aromatic nitrogens is 2. The minimum Gasteiger partial charge on any atom is -0.368 e. The molecule has 1 saturated heterocycles. The molecular weight excluding hydrogens is 387 g/mol. The minimum atomic E-state index is -0.546. The van der Waals surface area contributed by atoms with Gasteiger partial charge in [0, 0.05) is 32.3 Å². The number of anilines is 1. The van der Waals surface area contributed by atoms with Gasteiger partial charge in [0.25, 0.3) is 11.8 Å². The number of ether oxygens (including phenoxy) is 1. The number of fused-ring (bicyclic) bond motifs is 1. The summed E-state index contributed by atoms with van der Waals surface area (Å²) in [6.07, 6.45) is 1.73. The molecule has 8 heteroatoms. The first kappa shape index (κ1) is 20.0. The highest BCUT2D eigenvalue weighted by Crippen LogP contribution is 2.21. The molecule has 1 fully saturated rings. The number of rotatable bonds is 6. The fourth-order valence-corrected chi connectivity index (χ4v) is 3.59. The molecule has 1 atom stereocenters. The lowest BCUT2D eigenvalue weighted by molar-refractivity contribution is -0.124. The summed E-state index contributed by atoms with van der Waals surface area (Å²) in [5.41, 5.74) is 2.35. The van der Waals surface area contributed by atoms with Crippen LogP contribution in [0.5, 0.6) is 0 Å². The van der Waals surface area contributed by atoms with Crippen LogP contribution in [0.2, 0.25) is 0 Å². The maximum atomic E-state index is 13.7.